The summed E-state index contributed by atoms with van der Waals surface area (Å²) in [4.78, 5) is 29.1. The molecule has 0 fully saturated rings. The van der Waals surface area contributed by atoms with E-state index < -0.39 is 0 Å². The largest absolute Gasteiger partial charge is 0.483 e. The second-order valence-electron chi connectivity index (χ2n) is 8.66. The van der Waals surface area contributed by atoms with Gasteiger partial charge in [-0.1, -0.05) is 57.7 Å². The Hall–Kier alpha value is -4.01. The van der Waals surface area contributed by atoms with Crippen LogP contribution in [-0.4, -0.2) is 66.9 Å². The fourth-order valence-corrected chi connectivity index (χ4v) is 5.13. The van der Waals surface area contributed by atoms with Crippen LogP contribution in [0.3, 0.4) is 0 Å². The predicted octanol–water partition coefficient (Wildman–Crippen LogP) is 7.20. The van der Waals surface area contributed by atoms with Crippen LogP contribution in [-0.2, 0) is 9.53 Å². The number of carbonyl (C=O) groups excluding carboxylic acids is 1. The van der Waals surface area contributed by atoms with Crippen molar-refractivity contribution in [1.82, 2.24) is 14.9 Å². The van der Waals surface area contributed by atoms with Gasteiger partial charge in [-0.25, -0.2) is 4.76 Å². The monoisotopic (exact) mass is 625 g/mol. The van der Waals surface area contributed by atoms with E-state index in [0.29, 0.717) is 17.2 Å². The lowest BCUT2D eigenvalue weighted by Crippen LogP contribution is -2.26. The quantitative estimate of drug-likeness (QED) is 0.0900. The maximum absolute atomic E-state index is 13.1. The molecule has 1 aliphatic carbocycles. The molecular weight excluding hydrogens is 581 g/mol. The lowest BCUT2D eigenvalue weighted by atomic mass is 10.2. The molecule has 0 spiro atoms. The molecule has 0 saturated carbocycles. The maximum atomic E-state index is 13.1. The SMILES string of the molecule is C=C(OC(C)=NC)c1ccc(/C=N/PN(C)C2=CC(N(C)C(=O)c3ccccc3)=CCC=C2NCCC)s1.CC.O=CO. The molecule has 11 heteroatoms. The minimum absolute atomic E-state index is 0.0417. The summed E-state index contributed by atoms with van der Waals surface area (Å²) in [6, 6.07) is 13.3. The van der Waals surface area contributed by atoms with Gasteiger partial charge in [0.1, 0.15) is 14.6 Å². The molecule has 0 saturated heterocycles. The zero-order chi connectivity index (χ0) is 32.2. The molecule has 0 radical (unpaired) electrons. The van der Waals surface area contributed by atoms with Crippen LogP contribution in [0, 0.1) is 0 Å². The number of aliphatic imine (C=N–C) groups is 1. The van der Waals surface area contributed by atoms with E-state index >= 15 is 0 Å². The number of carbonyl (C=O) groups is 2. The van der Waals surface area contributed by atoms with Gasteiger partial charge >= 0.3 is 0 Å². The maximum Gasteiger partial charge on any atom is 0.290 e. The number of nitrogens with zero attached hydrogens (tertiary/aromatic N) is 4. The number of benzene rings is 1. The van der Waals surface area contributed by atoms with Gasteiger partial charge < -0.3 is 24.7 Å². The Morgan fingerprint density at radius 3 is 2.49 bits per heavy atom. The van der Waals surface area contributed by atoms with Crippen LogP contribution in [0.5, 0.6) is 0 Å². The minimum Gasteiger partial charge on any atom is -0.483 e. The van der Waals surface area contributed by atoms with E-state index in [1.54, 1.807) is 30.2 Å². The van der Waals surface area contributed by atoms with Gasteiger partial charge in [0, 0.05) is 57.0 Å². The number of nitrogens with one attached hydrogen (secondary N) is 1. The number of carboxylic acid groups (broad SMARTS) is 1. The smallest absolute Gasteiger partial charge is 0.290 e. The van der Waals surface area contributed by atoms with E-state index in [1.807, 2.05) is 76.6 Å². The van der Waals surface area contributed by atoms with Crippen molar-refractivity contribution in [3.05, 3.63) is 99.7 Å². The average Bonchev–Trinajstić information content (AvgIpc) is 3.40. The van der Waals surface area contributed by atoms with E-state index in [-0.39, 0.29) is 21.3 Å². The molecule has 1 aromatic carbocycles. The molecule has 1 heterocycles. The van der Waals surface area contributed by atoms with Crippen LogP contribution in [0.4, 0.5) is 0 Å². The fraction of sp³-hybridized carbons (Fsp3) is 0.312. The molecule has 1 unspecified atom stereocenters. The molecule has 43 heavy (non-hydrogen) atoms. The number of ether oxygens (including phenoxy) is 1. The van der Waals surface area contributed by atoms with Crippen molar-refractivity contribution in [3.63, 3.8) is 0 Å². The van der Waals surface area contributed by atoms with Crippen molar-refractivity contribution in [1.29, 1.82) is 0 Å². The van der Waals surface area contributed by atoms with Crippen molar-refractivity contribution < 1.29 is 19.4 Å². The molecule has 1 aliphatic rings. The number of allylic oxidation sites excluding steroid dienone is 3. The Morgan fingerprint density at radius 2 is 1.86 bits per heavy atom. The zero-order valence-corrected chi connectivity index (χ0v) is 27.9. The summed E-state index contributed by atoms with van der Waals surface area (Å²) < 4.78 is 12.4. The molecular formula is C32H44N5O4PS. The van der Waals surface area contributed by atoms with Gasteiger partial charge in [0.25, 0.3) is 12.4 Å². The van der Waals surface area contributed by atoms with E-state index in [1.165, 1.54) is 0 Å². The van der Waals surface area contributed by atoms with Crippen LogP contribution in [0.25, 0.3) is 5.76 Å². The summed E-state index contributed by atoms with van der Waals surface area (Å²) in [6.45, 7) is 12.6. The first-order valence-electron chi connectivity index (χ1n) is 14.0. The van der Waals surface area contributed by atoms with Gasteiger partial charge in [-0.2, -0.15) is 0 Å². The first kappa shape index (κ1) is 37.0. The third-order valence-corrected chi connectivity index (χ3v) is 7.58. The van der Waals surface area contributed by atoms with E-state index in [4.69, 9.17) is 19.4 Å². The van der Waals surface area contributed by atoms with Crippen molar-refractivity contribution >= 4 is 50.5 Å². The third kappa shape index (κ3) is 12.4. The summed E-state index contributed by atoms with van der Waals surface area (Å²) in [5, 5.41) is 10.4. The third-order valence-electron chi connectivity index (χ3n) is 5.74. The molecule has 2 aromatic rings. The summed E-state index contributed by atoms with van der Waals surface area (Å²) >= 11 is 1.57. The lowest BCUT2D eigenvalue weighted by Gasteiger charge is -2.25. The molecule has 0 bridgehead atoms. The highest BCUT2D eigenvalue weighted by Gasteiger charge is 2.19. The lowest BCUT2D eigenvalue weighted by molar-refractivity contribution is -0.122. The van der Waals surface area contributed by atoms with Crippen LogP contribution < -0.4 is 5.32 Å². The minimum atomic E-state index is -0.250. The van der Waals surface area contributed by atoms with Crippen LogP contribution >= 0.6 is 20.2 Å². The Bertz CT molecular complexity index is 1330. The molecule has 1 aromatic heterocycles. The van der Waals surface area contributed by atoms with Crippen molar-refractivity contribution in [2.45, 2.75) is 40.5 Å². The van der Waals surface area contributed by atoms with Gasteiger partial charge in [0.15, 0.2) is 5.90 Å². The fourth-order valence-electron chi connectivity index (χ4n) is 3.58. The van der Waals surface area contributed by atoms with Crippen molar-refractivity contribution in [2.24, 2.45) is 9.76 Å². The Balaban J connectivity index is 0.00000174. The Labute approximate surface area is 262 Å². The highest BCUT2D eigenvalue weighted by molar-refractivity contribution is 7.34. The number of hydrogen-bond acceptors (Lipinski definition) is 8. The zero-order valence-electron chi connectivity index (χ0n) is 26.1. The number of rotatable bonds is 11. The number of thiophene rings is 1. The topological polar surface area (TPSA) is 107 Å². The van der Waals surface area contributed by atoms with Crippen molar-refractivity contribution in [3.8, 4) is 0 Å². The van der Waals surface area contributed by atoms with E-state index in [9.17, 15) is 4.79 Å². The Kier molecular flexibility index (Phi) is 17.9. The van der Waals surface area contributed by atoms with Gasteiger partial charge in [-0.15, -0.1) is 11.3 Å². The average molecular weight is 626 g/mol. The number of amides is 1. The normalized spacial score (nSPS) is 12.9. The van der Waals surface area contributed by atoms with Crippen LogP contribution in [0.1, 0.15) is 60.6 Å². The summed E-state index contributed by atoms with van der Waals surface area (Å²) in [5.41, 5.74) is 3.55. The highest BCUT2D eigenvalue weighted by atomic mass is 32.1. The summed E-state index contributed by atoms with van der Waals surface area (Å²) in [6.07, 6.45) is 9.92. The number of likely N-dealkylation sites (N-methyl/N-ethyl adjacent to an activating group) is 2. The molecule has 2 N–H and O–H groups in total. The predicted molar refractivity (Wildman–Crippen MR) is 183 cm³/mol. The van der Waals surface area contributed by atoms with Gasteiger partial charge in [0.05, 0.1) is 16.3 Å². The van der Waals surface area contributed by atoms with Crippen molar-refractivity contribution in [2.75, 3.05) is 27.7 Å². The first-order valence-corrected chi connectivity index (χ1v) is 15.7. The van der Waals surface area contributed by atoms with Gasteiger partial charge in [-0.05, 0) is 43.2 Å². The molecule has 1 amide bonds. The van der Waals surface area contributed by atoms with Crippen LogP contribution in [0.2, 0.25) is 0 Å². The standard InChI is InChI=1S/C29H36N5O2PS.C2H6.CH2O2/c1-7-18-31-26-15-11-14-24(33(5)29(35)23-12-9-8-10-13-23)19-27(26)34(6)37-32-20-25-16-17-28(38-25)21(2)36-22(3)30-4;1-2;2-1-3/h8-10,12-17,19-20,31,37H,2,7,11,18H2,1,3-6H3;1-2H3;1H,(H,2,3)/b30-22?,32-20+;;. The Morgan fingerprint density at radius 1 is 1.19 bits per heavy atom. The molecule has 0 aliphatic heterocycles. The van der Waals surface area contributed by atoms with Gasteiger partial charge in [0.2, 0.25) is 0 Å². The molecule has 232 valence electrons. The summed E-state index contributed by atoms with van der Waals surface area (Å²) in [5.74, 6) is 1.11. The second-order valence-corrected chi connectivity index (χ2v) is 10.9. The van der Waals surface area contributed by atoms with Gasteiger partial charge in [-0.3, -0.25) is 14.6 Å². The molecule has 9 nitrogen and oxygen atoms in total. The van der Waals surface area contributed by atoms with E-state index in [2.05, 4.69) is 46.7 Å². The second kappa shape index (κ2) is 20.8. The number of hydrogen-bond donors (Lipinski definition) is 2. The summed E-state index contributed by atoms with van der Waals surface area (Å²) in [7, 11) is 5.69. The highest BCUT2D eigenvalue weighted by Crippen LogP contribution is 2.31. The molecule has 1 atom stereocenters. The van der Waals surface area contributed by atoms with Crippen LogP contribution in [0.15, 0.2) is 94.1 Å². The first-order chi connectivity index (χ1) is 20.7. The van der Waals surface area contributed by atoms with E-state index in [0.717, 1.165) is 46.2 Å². The molecule has 3 rings (SSSR count).